The molecule has 1 aliphatic heterocycles. The van der Waals surface area contributed by atoms with Gasteiger partial charge < -0.3 is 0 Å². The van der Waals surface area contributed by atoms with E-state index >= 15 is 0 Å². The fourth-order valence-corrected chi connectivity index (χ4v) is 0.859. The van der Waals surface area contributed by atoms with Gasteiger partial charge >= 0.3 is 0 Å². The van der Waals surface area contributed by atoms with Crippen molar-refractivity contribution in [2.75, 3.05) is 0 Å². The maximum absolute atomic E-state index is 10.1. The van der Waals surface area contributed by atoms with Crippen molar-refractivity contribution in [2.45, 2.75) is 5.25 Å². The average molecular weight is 115 g/mol. The van der Waals surface area contributed by atoms with Crippen LogP contribution in [0, 0.1) is 6.92 Å². The zero-order valence-electron chi connectivity index (χ0n) is 3.51. The summed E-state index contributed by atoms with van der Waals surface area (Å²) in [4.78, 5) is 20.1. The Morgan fingerprint density at radius 1 is 1.57 bits per heavy atom. The maximum atomic E-state index is 10.1. The van der Waals surface area contributed by atoms with Crippen LogP contribution in [0.2, 0.25) is 0 Å². The van der Waals surface area contributed by atoms with Crippen LogP contribution in [-0.2, 0) is 9.59 Å². The van der Waals surface area contributed by atoms with Gasteiger partial charge in [-0.05, 0) is 6.92 Å². The van der Waals surface area contributed by atoms with Crippen LogP contribution in [0.5, 0.6) is 0 Å². The van der Waals surface area contributed by atoms with Gasteiger partial charge in [0.15, 0.2) is 0 Å². The molecule has 0 unspecified atom stereocenters. The summed E-state index contributed by atoms with van der Waals surface area (Å²) in [5, 5.41) is -0.660. The summed E-state index contributed by atoms with van der Waals surface area (Å²) in [6, 6.07) is 0. The molecule has 1 fully saturated rings. The predicted octanol–water partition coefficient (Wildman–Crippen LogP) is 0.0316. The molecule has 0 aromatic carbocycles. The van der Waals surface area contributed by atoms with Gasteiger partial charge in [-0.1, -0.05) is 11.8 Å². The van der Waals surface area contributed by atoms with Crippen molar-refractivity contribution in [1.82, 2.24) is 0 Å². The number of thioether (sulfide) groups is 1. The summed E-state index contributed by atoms with van der Waals surface area (Å²) in [6.07, 6.45) is 0. The number of rotatable bonds is 0. The summed E-state index contributed by atoms with van der Waals surface area (Å²) in [5.74, 6) is -0.343. The highest BCUT2D eigenvalue weighted by atomic mass is 32.2. The van der Waals surface area contributed by atoms with Crippen molar-refractivity contribution in [1.29, 1.82) is 0 Å². The molecule has 37 valence electrons. The summed E-state index contributed by atoms with van der Waals surface area (Å²) >= 11 is 0.992. The van der Waals surface area contributed by atoms with E-state index in [0.717, 1.165) is 11.8 Å². The smallest absolute Gasteiger partial charge is 0.256 e. The van der Waals surface area contributed by atoms with E-state index in [1.807, 2.05) is 0 Å². The topological polar surface area (TPSA) is 34.1 Å². The normalized spacial score (nSPS) is 30.1. The number of hydrogen-bond acceptors (Lipinski definition) is 3. The fraction of sp³-hybridized carbons (Fsp3) is 0.250. The Labute approximate surface area is 45.3 Å². The van der Waals surface area contributed by atoms with Crippen molar-refractivity contribution in [3.05, 3.63) is 6.92 Å². The number of Topliss-reactive ketones (excluding diaryl/α,β-unsaturated/α-hetero) is 1. The summed E-state index contributed by atoms with van der Waals surface area (Å²) < 4.78 is 0. The number of ketones is 1. The molecule has 0 aliphatic carbocycles. The third kappa shape index (κ3) is 0.567. The quantitative estimate of drug-likeness (QED) is 0.418. The number of hydrogen-bond donors (Lipinski definition) is 0. The first-order valence-electron chi connectivity index (χ1n) is 1.79. The van der Waals surface area contributed by atoms with Gasteiger partial charge in [0.1, 0.15) is 0 Å². The Balaban J connectivity index is 2.60. The number of carbonyl (C=O) groups is 2. The maximum Gasteiger partial charge on any atom is 0.256 e. The van der Waals surface area contributed by atoms with Crippen LogP contribution in [0.4, 0.5) is 0 Å². The van der Waals surface area contributed by atoms with Crippen LogP contribution in [0.15, 0.2) is 0 Å². The fourth-order valence-electron chi connectivity index (χ4n) is 0.314. The molecule has 0 aromatic rings. The lowest BCUT2D eigenvalue weighted by molar-refractivity contribution is -0.132. The Bertz CT molecular complexity index is 130. The first-order valence-corrected chi connectivity index (χ1v) is 2.67. The second-order valence-corrected chi connectivity index (χ2v) is 2.43. The molecule has 0 spiro atoms. The van der Waals surface area contributed by atoms with Crippen LogP contribution in [0.25, 0.3) is 0 Å². The lowest BCUT2D eigenvalue weighted by Crippen LogP contribution is -2.33. The van der Waals surface area contributed by atoms with E-state index in [-0.39, 0.29) is 16.1 Å². The van der Waals surface area contributed by atoms with Gasteiger partial charge in [0, 0.05) is 0 Å². The Kier molecular flexibility index (Phi) is 0.922. The molecular weight excluding hydrogens is 112 g/mol. The van der Waals surface area contributed by atoms with Gasteiger partial charge in [-0.25, -0.2) is 0 Å². The third-order valence-electron chi connectivity index (χ3n) is 0.743. The van der Waals surface area contributed by atoms with Gasteiger partial charge in [-0.2, -0.15) is 0 Å². The monoisotopic (exact) mass is 115 g/mol. The molecule has 1 heterocycles. The summed E-state index contributed by atoms with van der Waals surface area (Å²) in [5.41, 5.74) is 0. The second-order valence-electron chi connectivity index (χ2n) is 1.26. The molecule has 0 saturated carbocycles. The minimum absolute atomic E-state index is 0.313. The molecular formula is C4H3O2S. The highest BCUT2D eigenvalue weighted by molar-refractivity contribution is 8.20. The summed E-state index contributed by atoms with van der Waals surface area (Å²) in [7, 11) is 0. The average Bonchev–Trinajstić information content (AvgIpc) is 1.68. The van der Waals surface area contributed by atoms with Crippen molar-refractivity contribution < 1.29 is 9.59 Å². The van der Waals surface area contributed by atoms with Crippen molar-refractivity contribution in [3.8, 4) is 0 Å². The zero-order chi connectivity index (χ0) is 5.44. The molecule has 0 bridgehead atoms. The van der Waals surface area contributed by atoms with E-state index in [2.05, 4.69) is 6.92 Å². The van der Waals surface area contributed by atoms with E-state index in [1.54, 1.807) is 0 Å². The standard InChI is InChI=1S/C4H3O2S/c1-2-3(5)4(6)7-2/h2H,1H2/t2-/m0/s1. The zero-order valence-corrected chi connectivity index (χ0v) is 4.33. The van der Waals surface area contributed by atoms with Crippen LogP contribution >= 0.6 is 11.8 Å². The predicted molar refractivity (Wildman–Crippen MR) is 26.7 cm³/mol. The van der Waals surface area contributed by atoms with E-state index < -0.39 is 0 Å². The molecule has 1 radical (unpaired) electrons. The minimum Gasteiger partial charge on any atom is -0.289 e. The molecule has 1 aliphatic rings. The molecule has 0 N–H and O–H groups in total. The largest absolute Gasteiger partial charge is 0.289 e. The second kappa shape index (κ2) is 1.33. The lowest BCUT2D eigenvalue weighted by Gasteiger charge is -2.14. The van der Waals surface area contributed by atoms with Crippen LogP contribution in [0.3, 0.4) is 0 Å². The van der Waals surface area contributed by atoms with Crippen molar-refractivity contribution in [2.24, 2.45) is 0 Å². The van der Waals surface area contributed by atoms with Gasteiger partial charge in [0.25, 0.3) is 5.12 Å². The highest BCUT2D eigenvalue weighted by Crippen LogP contribution is 2.24. The van der Waals surface area contributed by atoms with Crippen LogP contribution in [-0.4, -0.2) is 16.1 Å². The molecule has 0 amide bonds. The molecule has 7 heavy (non-hydrogen) atoms. The van der Waals surface area contributed by atoms with E-state index in [9.17, 15) is 9.59 Å². The van der Waals surface area contributed by atoms with E-state index in [0.29, 0.717) is 0 Å². The number of carbonyl (C=O) groups excluding carboxylic acids is 2. The molecule has 3 heteroatoms. The van der Waals surface area contributed by atoms with Gasteiger partial charge in [0.05, 0.1) is 5.25 Å². The van der Waals surface area contributed by atoms with Crippen LogP contribution < -0.4 is 0 Å². The SMILES string of the molecule is [CH2][C@@H]1SC(=O)C1=O. The third-order valence-corrected chi connectivity index (χ3v) is 1.66. The van der Waals surface area contributed by atoms with Crippen molar-refractivity contribution in [3.63, 3.8) is 0 Å². The molecule has 1 saturated heterocycles. The first kappa shape index (κ1) is 4.84. The first-order chi connectivity index (χ1) is 3.22. The Hall–Kier alpha value is -0.310. The van der Waals surface area contributed by atoms with E-state index in [4.69, 9.17) is 0 Å². The molecule has 0 aromatic heterocycles. The molecule has 2 nitrogen and oxygen atoms in total. The Morgan fingerprint density at radius 3 is 2.14 bits per heavy atom. The van der Waals surface area contributed by atoms with E-state index in [1.165, 1.54) is 0 Å². The van der Waals surface area contributed by atoms with Gasteiger partial charge in [0.2, 0.25) is 5.78 Å². The van der Waals surface area contributed by atoms with Gasteiger partial charge in [-0.3, -0.25) is 9.59 Å². The highest BCUT2D eigenvalue weighted by Gasteiger charge is 2.34. The van der Waals surface area contributed by atoms with Crippen LogP contribution in [0.1, 0.15) is 0 Å². The minimum atomic E-state index is -0.347. The molecule has 1 rings (SSSR count). The summed E-state index contributed by atoms with van der Waals surface area (Å²) in [6.45, 7) is 3.37. The molecule has 1 atom stereocenters. The Morgan fingerprint density at radius 2 is 2.14 bits per heavy atom. The van der Waals surface area contributed by atoms with Crippen molar-refractivity contribution >= 4 is 22.7 Å². The van der Waals surface area contributed by atoms with Gasteiger partial charge in [-0.15, -0.1) is 0 Å². The lowest BCUT2D eigenvalue weighted by atomic mass is 10.3.